The molecule has 0 aliphatic heterocycles. The summed E-state index contributed by atoms with van der Waals surface area (Å²) in [7, 11) is 0. The van der Waals surface area contributed by atoms with E-state index in [1.807, 2.05) is 0 Å². The lowest BCUT2D eigenvalue weighted by atomic mass is 10.1. The molecular weight excluding hydrogens is 253 g/mol. The van der Waals surface area contributed by atoms with E-state index in [1.54, 1.807) is 19.1 Å². The lowest BCUT2D eigenvalue weighted by Gasteiger charge is -2.01. The zero-order chi connectivity index (χ0) is 13.6. The second-order valence-corrected chi connectivity index (χ2v) is 4.28. The smallest absolute Gasteiger partial charge is 0.186 e. The number of fused-ring (bicyclic) bond motifs is 1. The molecule has 19 heavy (non-hydrogen) atoms. The van der Waals surface area contributed by atoms with Crippen LogP contribution < -0.4 is 0 Å². The standard InChI is InChI=1S/C14H9F3N2/c1-7-3-2-4-8(11(7)16)14-18-10-6-5-9(15)12(17)13(10)19-14/h2-6H,1H3,(H,18,19). The van der Waals surface area contributed by atoms with E-state index in [0.717, 1.165) is 6.07 Å². The van der Waals surface area contributed by atoms with Gasteiger partial charge in [-0.1, -0.05) is 12.1 Å². The largest absolute Gasteiger partial charge is 0.338 e. The van der Waals surface area contributed by atoms with E-state index >= 15 is 0 Å². The fourth-order valence-electron chi connectivity index (χ4n) is 1.98. The Morgan fingerprint density at radius 2 is 1.79 bits per heavy atom. The Morgan fingerprint density at radius 3 is 2.58 bits per heavy atom. The van der Waals surface area contributed by atoms with E-state index in [2.05, 4.69) is 9.97 Å². The first-order valence-electron chi connectivity index (χ1n) is 5.67. The summed E-state index contributed by atoms with van der Waals surface area (Å²) in [4.78, 5) is 6.72. The molecule has 0 saturated carbocycles. The number of nitrogens with one attached hydrogen (secondary N) is 1. The van der Waals surface area contributed by atoms with Crippen LogP contribution in [0.25, 0.3) is 22.4 Å². The van der Waals surface area contributed by atoms with Crippen LogP contribution >= 0.6 is 0 Å². The molecule has 96 valence electrons. The average Bonchev–Trinajstić information content (AvgIpc) is 2.82. The fraction of sp³-hybridized carbons (Fsp3) is 0.0714. The van der Waals surface area contributed by atoms with E-state index in [1.165, 1.54) is 12.1 Å². The van der Waals surface area contributed by atoms with Crippen molar-refractivity contribution in [1.82, 2.24) is 9.97 Å². The Bertz CT molecular complexity index is 778. The van der Waals surface area contributed by atoms with Crippen molar-refractivity contribution in [2.75, 3.05) is 0 Å². The number of nitrogens with zero attached hydrogens (tertiary/aromatic N) is 1. The van der Waals surface area contributed by atoms with E-state index in [9.17, 15) is 13.2 Å². The third-order valence-electron chi connectivity index (χ3n) is 2.99. The van der Waals surface area contributed by atoms with Gasteiger partial charge in [0.1, 0.15) is 17.2 Å². The number of hydrogen-bond donors (Lipinski definition) is 1. The molecule has 0 radical (unpaired) electrons. The molecule has 0 bridgehead atoms. The molecule has 1 N–H and O–H groups in total. The summed E-state index contributed by atoms with van der Waals surface area (Å²) < 4.78 is 40.6. The fourth-order valence-corrected chi connectivity index (χ4v) is 1.98. The van der Waals surface area contributed by atoms with Crippen LogP contribution in [-0.4, -0.2) is 9.97 Å². The van der Waals surface area contributed by atoms with Gasteiger partial charge in [0.2, 0.25) is 0 Å². The third kappa shape index (κ3) is 1.78. The highest BCUT2D eigenvalue weighted by Crippen LogP contribution is 2.26. The summed E-state index contributed by atoms with van der Waals surface area (Å²) in [5.41, 5.74) is 0.895. The van der Waals surface area contributed by atoms with Gasteiger partial charge < -0.3 is 4.98 Å². The summed E-state index contributed by atoms with van der Waals surface area (Å²) >= 11 is 0. The number of aryl methyl sites for hydroxylation is 1. The molecule has 1 heterocycles. The van der Waals surface area contributed by atoms with E-state index in [0.29, 0.717) is 11.1 Å². The van der Waals surface area contributed by atoms with Gasteiger partial charge in [0, 0.05) is 0 Å². The number of aromatic amines is 1. The minimum atomic E-state index is -1.03. The molecule has 0 atom stereocenters. The van der Waals surface area contributed by atoms with Gasteiger partial charge in [0.05, 0.1) is 11.1 Å². The number of benzene rings is 2. The minimum Gasteiger partial charge on any atom is -0.338 e. The van der Waals surface area contributed by atoms with Gasteiger partial charge in [-0.15, -0.1) is 0 Å². The molecule has 2 nitrogen and oxygen atoms in total. The highest BCUT2D eigenvalue weighted by Gasteiger charge is 2.15. The second kappa shape index (κ2) is 4.12. The molecule has 1 aromatic heterocycles. The van der Waals surface area contributed by atoms with Crippen molar-refractivity contribution in [1.29, 1.82) is 0 Å². The second-order valence-electron chi connectivity index (χ2n) is 4.28. The van der Waals surface area contributed by atoms with Gasteiger partial charge in [-0.25, -0.2) is 18.2 Å². The van der Waals surface area contributed by atoms with Crippen LogP contribution in [0.5, 0.6) is 0 Å². The maximum Gasteiger partial charge on any atom is 0.186 e. The zero-order valence-electron chi connectivity index (χ0n) is 9.97. The molecule has 3 rings (SSSR count). The predicted molar refractivity (Wildman–Crippen MR) is 66.1 cm³/mol. The number of hydrogen-bond acceptors (Lipinski definition) is 1. The summed E-state index contributed by atoms with van der Waals surface area (Å²) in [5.74, 6) is -2.26. The Balaban J connectivity index is 2.27. The molecule has 0 aliphatic carbocycles. The van der Waals surface area contributed by atoms with Gasteiger partial charge in [-0.3, -0.25) is 0 Å². The molecule has 3 aromatic rings. The van der Waals surface area contributed by atoms with Gasteiger partial charge >= 0.3 is 0 Å². The van der Waals surface area contributed by atoms with Gasteiger partial charge in [-0.05, 0) is 30.7 Å². The van der Waals surface area contributed by atoms with E-state index < -0.39 is 17.5 Å². The number of rotatable bonds is 1. The van der Waals surface area contributed by atoms with Crippen molar-refractivity contribution in [3.05, 3.63) is 53.3 Å². The van der Waals surface area contributed by atoms with Crippen LogP contribution in [0.4, 0.5) is 13.2 Å². The van der Waals surface area contributed by atoms with Crippen LogP contribution in [0.1, 0.15) is 5.56 Å². The highest BCUT2D eigenvalue weighted by molar-refractivity contribution is 5.80. The minimum absolute atomic E-state index is 0.129. The summed E-state index contributed by atoms with van der Waals surface area (Å²) in [6, 6.07) is 7.22. The highest BCUT2D eigenvalue weighted by atomic mass is 19.2. The van der Waals surface area contributed by atoms with Crippen molar-refractivity contribution < 1.29 is 13.2 Å². The molecular formula is C14H9F3N2. The quantitative estimate of drug-likeness (QED) is 0.706. The van der Waals surface area contributed by atoms with Crippen LogP contribution in [0, 0.1) is 24.4 Å². The van der Waals surface area contributed by atoms with E-state index in [4.69, 9.17) is 0 Å². The average molecular weight is 262 g/mol. The van der Waals surface area contributed by atoms with Crippen LogP contribution in [-0.2, 0) is 0 Å². The Kier molecular flexibility index (Phi) is 2.55. The third-order valence-corrected chi connectivity index (χ3v) is 2.99. The van der Waals surface area contributed by atoms with Gasteiger partial charge in [0.15, 0.2) is 11.6 Å². The maximum absolute atomic E-state index is 14.0. The van der Waals surface area contributed by atoms with Crippen molar-refractivity contribution in [3.63, 3.8) is 0 Å². The molecule has 0 fully saturated rings. The normalized spacial score (nSPS) is 11.2. The summed E-state index contributed by atoms with van der Waals surface area (Å²) in [6.45, 7) is 1.63. The Hall–Kier alpha value is -2.30. The molecule has 0 aliphatic rings. The molecule has 0 spiro atoms. The maximum atomic E-state index is 14.0. The monoisotopic (exact) mass is 262 g/mol. The Morgan fingerprint density at radius 1 is 1.00 bits per heavy atom. The van der Waals surface area contributed by atoms with Crippen molar-refractivity contribution in [2.45, 2.75) is 6.92 Å². The number of H-pyrrole nitrogens is 1. The molecule has 5 heteroatoms. The number of halogens is 3. The van der Waals surface area contributed by atoms with Crippen LogP contribution in [0.2, 0.25) is 0 Å². The zero-order valence-corrected chi connectivity index (χ0v) is 9.97. The molecule has 0 unspecified atom stereocenters. The van der Waals surface area contributed by atoms with E-state index in [-0.39, 0.29) is 16.9 Å². The van der Waals surface area contributed by atoms with Crippen LogP contribution in [0.15, 0.2) is 30.3 Å². The van der Waals surface area contributed by atoms with Crippen LogP contribution in [0.3, 0.4) is 0 Å². The lowest BCUT2D eigenvalue weighted by molar-refractivity contribution is 0.515. The van der Waals surface area contributed by atoms with Crippen molar-refractivity contribution in [3.8, 4) is 11.4 Å². The van der Waals surface area contributed by atoms with Crippen molar-refractivity contribution in [2.24, 2.45) is 0 Å². The Labute approximate surface area is 106 Å². The molecule has 0 saturated heterocycles. The van der Waals surface area contributed by atoms with Gasteiger partial charge in [0.25, 0.3) is 0 Å². The topological polar surface area (TPSA) is 28.7 Å². The number of aromatic nitrogens is 2. The number of imidazole rings is 1. The van der Waals surface area contributed by atoms with Gasteiger partial charge in [-0.2, -0.15) is 0 Å². The first-order chi connectivity index (χ1) is 9.08. The molecule has 2 aromatic carbocycles. The molecule has 0 amide bonds. The summed E-state index contributed by atoms with van der Waals surface area (Å²) in [5, 5.41) is 0. The summed E-state index contributed by atoms with van der Waals surface area (Å²) in [6.07, 6.45) is 0. The lowest BCUT2D eigenvalue weighted by Crippen LogP contribution is -1.89. The first kappa shape index (κ1) is 11.8. The van der Waals surface area contributed by atoms with Crippen molar-refractivity contribution >= 4 is 11.0 Å². The SMILES string of the molecule is Cc1cccc(-c2nc3c(F)c(F)ccc3[nH]2)c1F. The predicted octanol–water partition coefficient (Wildman–Crippen LogP) is 3.96. The first-order valence-corrected chi connectivity index (χ1v) is 5.67.